The zero-order chi connectivity index (χ0) is 30.3. The number of hydrogen-bond donors (Lipinski definition) is 1. The predicted octanol–water partition coefficient (Wildman–Crippen LogP) is 4.87. The van der Waals surface area contributed by atoms with E-state index in [-0.39, 0.29) is 50.3 Å². The minimum Gasteiger partial charge on any atom is -0.368 e. The van der Waals surface area contributed by atoms with E-state index < -0.39 is 17.9 Å². The molecule has 1 aliphatic rings. The molecule has 0 bridgehead atoms. The van der Waals surface area contributed by atoms with E-state index in [2.05, 4.69) is 0 Å². The van der Waals surface area contributed by atoms with Crippen LogP contribution in [0.25, 0.3) is 0 Å². The molecule has 8 nitrogen and oxygen atoms in total. The first-order chi connectivity index (χ1) is 19.3. The Morgan fingerprint density at radius 1 is 0.951 bits per heavy atom. The molecule has 222 valence electrons. The summed E-state index contributed by atoms with van der Waals surface area (Å²) in [6.07, 6.45) is 1.15. The molecule has 1 aliphatic heterocycles. The second-order valence-electron chi connectivity index (χ2n) is 10.5. The Kier molecular flexibility index (Phi) is 12.1. The molecular formula is C29H34Cl4N4O4. The number of benzene rings is 2. The van der Waals surface area contributed by atoms with E-state index in [4.69, 9.17) is 52.1 Å². The molecule has 0 aromatic heterocycles. The topological polar surface area (TPSA) is 104 Å². The number of rotatable bonds is 13. The van der Waals surface area contributed by atoms with Gasteiger partial charge in [-0.1, -0.05) is 72.4 Å². The normalized spacial score (nSPS) is 15.5. The minimum atomic E-state index is -1.00. The summed E-state index contributed by atoms with van der Waals surface area (Å²) in [5, 5.41) is 1.89. The summed E-state index contributed by atoms with van der Waals surface area (Å²) in [5.41, 5.74) is 6.98. The molecule has 1 unspecified atom stereocenters. The quantitative estimate of drug-likeness (QED) is 0.336. The monoisotopic (exact) mass is 642 g/mol. The molecule has 1 fully saturated rings. The molecule has 2 aromatic rings. The van der Waals surface area contributed by atoms with Gasteiger partial charge in [-0.25, -0.2) is 0 Å². The number of piperazine rings is 1. The third-order valence-corrected chi connectivity index (χ3v) is 8.14. The Labute approximate surface area is 260 Å². The number of halogens is 4. The van der Waals surface area contributed by atoms with Gasteiger partial charge in [-0.3, -0.25) is 19.2 Å². The van der Waals surface area contributed by atoms with Crippen LogP contribution in [0, 0.1) is 5.92 Å². The van der Waals surface area contributed by atoms with Crippen molar-refractivity contribution < 1.29 is 19.2 Å². The lowest BCUT2D eigenvalue weighted by atomic mass is 10.0. The van der Waals surface area contributed by atoms with Crippen molar-refractivity contribution in [2.45, 2.75) is 45.6 Å². The molecule has 3 rings (SSSR count). The van der Waals surface area contributed by atoms with E-state index in [1.807, 2.05) is 13.8 Å². The largest absolute Gasteiger partial charge is 0.368 e. The molecular weight excluding hydrogens is 610 g/mol. The van der Waals surface area contributed by atoms with Crippen molar-refractivity contribution in [2.75, 3.05) is 32.7 Å². The number of nitrogens with zero attached hydrogens (tertiary/aromatic N) is 3. The van der Waals surface area contributed by atoms with Crippen LogP contribution in [0.2, 0.25) is 20.1 Å². The zero-order valence-electron chi connectivity index (χ0n) is 23.0. The molecule has 12 heteroatoms. The summed E-state index contributed by atoms with van der Waals surface area (Å²) in [7, 11) is 0. The van der Waals surface area contributed by atoms with E-state index in [0.29, 0.717) is 45.9 Å². The highest BCUT2D eigenvalue weighted by Gasteiger charge is 2.41. The van der Waals surface area contributed by atoms with Crippen LogP contribution >= 0.6 is 46.4 Å². The molecule has 0 aliphatic carbocycles. The molecule has 0 radical (unpaired) electrons. The van der Waals surface area contributed by atoms with Crippen LogP contribution in [-0.4, -0.2) is 77.1 Å². The van der Waals surface area contributed by atoms with Gasteiger partial charge in [-0.2, -0.15) is 0 Å². The van der Waals surface area contributed by atoms with E-state index in [1.165, 1.54) is 14.7 Å². The average molecular weight is 644 g/mol. The van der Waals surface area contributed by atoms with E-state index in [1.54, 1.807) is 36.4 Å². The zero-order valence-corrected chi connectivity index (χ0v) is 26.1. The van der Waals surface area contributed by atoms with Crippen molar-refractivity contribution in [3.05, 3.63) is 67.6 Å². The van der Waals surface area contributed by atoms with Gasteiger partial charge in [-0.15, -0.1) is 0 Å². The molecule has 0 saturated carbocycles. The van der Waals surface area contributed by atoms with Crippen molar-refractivity contribution in [1.29, 1.82) is 0 Å². The lowest BCUT2D eigenvalue weighted by Gasteiger charge is -2.41. The Balaban J connectivity index is 1.78. The highest BCUT2D eigenvalue weighted by molar-refractivity contribution is 6.35. The molecule has 1 saturated heterocycles. The molecule has 2 aromatic carbocycles. The smallest absolute Gasteiger partial charge is 0.246 e. The van der Waals surface area contributed by atoms with E-state index in [9.17, 15) is 19.2 Å². The average Bonchev–Trinajstić information content (AvgIpc) is 2.88. The van der Waals surface area contributed by atoms with Gasteiger partial charge >= 0.3 is 0 Å². The van der Waals surface area contributed by atoms with Crippen LogP contribution in [0.1, 0.15) is 37.8 Å². The van der Waals surface area contributed by atoms with Crippen molar-refractivity contribution in [3.63, 3.8) is 0 Å². The number of carbonyl (C=O) groups is 4. The van der Waals surface area contributed by atoms with Gasteiger partial charge in [0.05, 0.1) is 19.5 Å². The van der Waals surface area contributed by atoms with Crippen LogP contribution in [0.3, 0.4) is 0 Å². The molecule has 41 heavy (non-hydrogen) atoms. The molecule has 1 heterocycles. The van der Waals surface area contributed by atoms with Crippen molar-refractivity contribution in [2.24, 2.45) is 11.7 Å². The van der Waals surface area contributed by atoms with Gasteiger partial charge in [0.1, 0.15) is 6.04 Å². The van der Waals surface area contributed by atoms with Crippen LogP contribution in [0.4, 0.5) is 0 Å². The Hall–Kier alpha value is -2.52. The van der Waals surface area contributed by atoms with Crippen LogP contribution in [-0.2, 0) is 32.0 Å². The SMILES string of the molecule is CC(C)CCN1C(=O)CN(CCc2ccc(Cl)cc2Cl)C(=O)C1CC(=O)N(CCc1ccc(Cl)cc1Cl)CC(N)=O. The third kappa shape index (κ3) is 9.50. The van der Waals surface area contributed by atoms with Crippen molar-refractivity contribution >= 4 is 70.0 Å². The summed E-state index contributed by atoms with van der Waals surface area (Å²) < 4.78 is 0. The van der Waals surface area contributed by atoms with Gasteiger partial charge in [0.25, 0.3) is 0 Å². The summed E-state index contributed by atoms with van der Waals surface area (Å²) in [6.45, 7) is 4.35. The van der Waals surface area contributed by atoms with E-state index >= 15 is 0 Å². The van der Waals surface area contributed by atoms with Crippen LogP contribution in [0.5, 0.6) is 0 Å². The Morgan fingerprint density at radius 2 is 1.54 bits per heavy atom. The number of amides is 4. The minimum absolute atomic E-state index is 0.0904. The fourth-order valence-corrected chi connectivity index (χ4v) is 5.65. The summed E-state index contributed by atoms with van der Waals surface area (Å²) >= 11 is 24.6. The van der Waals surface area contributed by atoms with Gasteiger partial charge in [-0.05, 0) is 60.6 Å². The number of hydrogen-bond acceptors (Lipinski definition) is 4. The highest BCUT2D eigenvalue weighted by Crippen LogP contribution is 2.25. The predicted molar refractivity (Wildman–Crippen MR) is 162 cm³/mol. The fourth-order valence-electron chi connectivity index (χ4n) is 4.65. The maximum Gasteiger partial charge on any atom is 0.246 e. The first-order valence-corrected chi connectivity index (χ1v) is 14.9. The fraction of sp³-hybridized carbons (Fsp3) is 0.448. The second kappa shape index (κ2) is 15.1. The standard InChI is InChI=1S/C29H34Cl4N4O4/c1-18(2)7-12-37-25(29(41)36(17-28(37)40)11-9-20-4-6-22(31)14-24(20)33)15-27(39)35(16-26(34)38)10-8-19-3-5-21(30)13-23(19)32/h3-6,13-14,18,25H,7-12,15-17H2,1-2H3,(H2,34,38). The van der Waals surface area contributed by atoms with Crippen LogP contribution in [0.15, 0.2) is 36.4 Å². The summed E-state index contributed by atoms with van der Waals surface area (Å²) in [6, 6.07) is 9.16. The maximum absolute atomic E-state index is 13.7. The highest BCUT2D eigenvalue weighted by atomic mass is 35.5. The number of carbonyl (C=O) groups excluding carboxylic acids is 4. The van der Waals surface area contributed by atoms with Gasteiger partial charge in [0.15, 0.2) is 0 Å². The Bertz CT molecular complexity index is 1290. The lowest BCUT2D eigenvalue weighted by Crippen LogP contribution is -2.61. The Morgan fingerprint density at radius 3 is 2.07 bits per heavy atom. The van der Waals surface area contributed by atoms with Crippen molar-refractivity contribution in [3.8, 4) is 0 Å². The van der Waals surface area contributed by atoms with Crippen LogP contribution < -0.4 is 5.73 Å². The van der Waals surface area contributed by atoms with Gasteiger partial charge in [0.2, 0.25) is 23.6 Å². The van der Waals surface area contributed by atoms with Crippen molar-refractivity contribution in [1.82, 2.24) is 14.7 Å². The molecule has 0 spiro atoms. The summed E-state index contributed by atoms with van der Waals surface area (Å²) in [5.74, 6) is -1.43. The molecule has 1 atom stereocenters. The first kappa shape index (κ1) is 33.0. The maximum atomic E-state index is 13.7. The lowest BCUT2D eigenvalue weighted by molar-refractivity contribution is -0.158. The second-order valence-corrected chi connectivity index (χ2v) is 12.2. The van der Waals surface area contributed by atoms with Gasteiger partial charge in [0, 0.05) is 39.7 Å². The number of nitrogens with two attached hydrogens (primary N) is 1. The van der Waals surface area contributed by atoms with E-state index in [0.717, 1.165) is 11.1 Å². The molecule has 2 N–H and O–H groups in total. The molecule has 4 amide bonds. The first-order valence-electron chi connectivity index (χ1n) is 13.4. The number of primary amides is 1. The summed E-state index contributed by atoms with van der Waals surface area (Å²) in [4.78, 5) is 56.6. The third-order valence-electron chi connectivity index (χ3n) is 6.97. The van der Waals surface area contributed by atoms with Gasteiger partial charge < -0.3 is 20.4 Å².